The van der Waals surface area contributed by atoms with Gasteiger partial charge in [-0.15, -0.1) is 5.10 Å². The predicted molar refractivity (Wildman–Crippen MR) is 64.8 cm³/mol. The molecule has 7 heteroatoms. The number of carbonyl (C=O) groups is 1. The second-order valence-electron chi connectivity index (χ2n) is 4.47. The predicted octanol–water partition coefficient (Wildman–Crippen LogP) is 0.769. The van der Waals surface area contributed by atoms with Crippen LogP contribution in [0.2, 0.25) is 0 Å². The van der Waals surface area contributed by atoms with Crippen LogP contribution in [0, 0.1) is 6.92 Å². The molecule has 1 aliphatic rings. The minimum Gasteiger partial charge on any atom is -0.457 e. The van der Waals surface area contributed by atoms with E-state index in [-0.39, 0.29) is 18.5 Å². The van der Waals surface area contributed by atoms with Crippen molar-refractivity contribution in [2.24, 2.45) is 0 Å². The largest absolute Gasteiger partial charge is 0.457 e. The third kappa shape index (κ3) is 2.41. The Kier molecular flexibility index (Phi) is 3.12. The lowest BCUT2D eigenvalue weighted by Gasteiger charge is -2.08. The smallest absolute Gasteiger partial charge is 0.378 e. The summed E-state index contributed by atoms with van der Waals surface area (Å²) in [5.74, 6) is -0.121. The standard InChI is InChI=1S/C12H14N4O3/c1-8-4-5-13-12-14-10(15-16(8)12)11(17)19-7-9-3-2-6-18-9/h4-5,9H,2-3,6-7H2,1H3/t9-/m1/s1. The first-order valence-electron chi connectivity index (χ1n) is 6.21. The van der Waals surface area contributed by atoms with Gasteiger partial charge in [0, 0.05) is 18.5 Å². The summed E-state index contributed by atoms with van der Waals surface area (Å²) in [6.07, 6.45) is 3.56. The third-order valence-electron chi connectivity index (χ3n) is 3.04. The number of carbonyl (C=O) groups excluding carboxylic acids is 1. The van der Waals surface area contributed by atoms with E-state index in [1.807, 2.05) is 6.92 Å². The van der Waals surface area contributed by atoms with Gasteiger partial charge < -0.3 is 9.47 Å². The van der Waals surface area contributed by atoms with E-state index in [4.69, 9.17) is 9.47 Å². The summed E-state index contributed by atoms with van der Waals surface area (Å²) in [6, 6.07) is 1.79. The minimum atomic E-state index is -0.541. The quantitative estimate of drug-likeness (QED) is 0.760. The van der Waals surface area contributed by atoms with Gasteiger partial charge in [-0.25, -0.2) is 14.3 Å². The number of esters is 1. The highest BCUT2D eigenvalue weighted by Gasteiger charge is 2.20. The highest BCUT2D eigenvalue weighted by atomic mass is 16.6. The van der Waals surface area contributed by atoms with E-state index in [2.05, 4.69) is 15.1 Å². The first-order chi connectivity index (χ1) is 9.24. The summed E-state index contributed by atoms with van der Waals surface area (Å²) < 4.78 is 12.0. The van der Waals surface area contributed by atoms with Gasteiger partial charge in [0.1, 0.15) is 6.61 Å². The Morgan fingerprint density at radius 1 is 1.63 bits per heavy atom. The fourth-order valence-electron chi connectivity index (χ4n) is 2.00. The normalized spacial score (nSPS) is 18.9. The average Bonchev–Trinajstić information content (AvgIpc) is 3.05. The maximum atomic E-state index is 11.8. The monoisotopic (exact) mass is 262 g/mol. The molecule has 0 aliphatic carbocycles. The maximum Gasteiger partial charge on any atom is 0.378 e. The Bertz CT molecular complexity index is 604. The van der Waals surface area contributed by atoms with Gasteiger partial charge in [-0.05, 0) is 25.8 Å². The SMILES string of the molecule is Cc1ccnc2nc(C(=O)OC[C@H]3CCCO3)nn12. The first-order valence-corrected chi connectivity index (χ1v) is 6.21. The van der Waals surface area contributed by atoms with Crippen LogP contribution >= 0.6 is 0 Å². The van der Waals surface area contributed by atoms with Gasteiger partial charge >= 0.3 is 5.97 Å². The zero-order valence-electron chi connectivity index (χ0n) is 10.6. The first kappa shape index (κ1) is 12.0. The Morgan fingerprint density at radius 3 is 3.26 bits per heavy atom. The van der Waals surface area contributed by atoms with Crippen LogP contribution in [0.25, 0.3) is 5.78 Å². The third-order valence-corrected chi connectivity index (χ3v) is 3.04. The van der Waals surface area contributed by atoms with E-state index in [9.17, 15) is 4.79 Å². The molecule has 1 atom stereocenters. The molecule has 3 heterocycles. The van der Waals surface area contributed by atoms with E-state index in [0.717, 1.165) is 25.1 Å². The van der Waals surface area contributed by atoms with Crippen LogP contribution in [0.5, 0.6) is 0 Å². The molecule has 0 unspecified atom stereocenters. The van der Waals surface area contributed by atoms with Gasteiger partial charge in [0.05, 0.1) is 6.10 Å². The lowest BCUT2D eigenvalue weighted by Crippen LogP contribution is -2.18. The van der Waals surface area contributed by atoms with Crippen molar-refractivity contribution in [2.75, 3.05) is 13.2 Å². The maximum absolute atomic E-state index is 11.8. The van der Waals surface area contributed by atoms with Crippen LogP contribution in [0.1, 0.15) is 29.2 Å². The number of rotatable bonds is 3. The molecule has 2 aromatic rings. The van der Waals surface area contributed by atoms with Crippen LogP contribution in [0.3, 0.4) is 0 Å². The summed E-state index contributed by atoms with van der Waals surface area (Å²) in [7, 11) is 0. The van der Waals surface area contributed by atoms with Crippen molar-refractivity contribution in [1.82, 2.24) is 19.6 Å². The summed E-state index contributed by atoms with van der Waals surface area (Å²) >= 11 is 0. The van der Waals surface area contributed by atoms with Crippen molar-refractivity contribution in [3.8, 4) is 0 Å². The number of hydrogen-bond donors (Lipinski definition) is 0. The van der Waals surface area contributed by atoms with Crippen molar-refractivity contribution < 1.29 is 14.3 Å². The lowest BCUT2D eigenvalue weighted by molar-refractivity contribution is 0.0151. The highest BCUT2D eigenvalue weighted by molar-refractivity contribution is 5.85. The Hall–Kier alpha value is -2.02. The number of nitrogens with zero attached hydrogens (tertiary/aromatic N) is 4. The molecule has 2 aromatic heterocycles. The van der Waals surface area contributed by atoms with Gasteiger partial charge in [-0.2, -0.15) is 4.98 Å². The summed E-state index contributed by atoms with van der Waals surface area (Å²) in [5.41, 5.74) is 0.857. The van der Waals surface area contributed by atoms with Crippen LogP contribution in [-0.4, -0.2) is 44.9 Å². The molecule has 19 heavy (non-hydrogen) atoms. The van der Waals surface area contributed by atoms with Gasteiger partial charge in [-0.3, -0.25) is 0 Å². The van der Waals surface area contributed by atoms with Crippen LogP contribution in [0.4, 0.5) is 0 Å². The van der Waals surface area contributed by atoms with Crippen molar-refractivity contribution in [1.29, 1.82) is 0 Å². The fourth-order valence-corrected chi connectivity index (χ4v) is 2.00. The molecule has 0 amide bonds. The zero-order valence-corrected chi connectivity index (χ0v) is 10.6. The zero-order chi connectivity index (χ0) is 13.2. The molecule has 3 rings (SSSR count). The fraction of sp³-hybridized carbons (Fsp3) is 0.500. The van der Waals surface area contributed by atoms with E-state index >= 15 is 0 Å². The molecule has 1 fully saturated rings. The van der Waals surface area contributed by atoms with Gasteiger partial charge in [0.25, 0.3) is 11.6 Å². The minimum absolute atomic E-state index is 0.000780. The molecule has 0 saturated carbocycles. The molecule has 0 N–H and O–H groups in total. The number of aryl methyl sites for hydroxylation is 1. The van der Waals surface area contributed by atoms with Crippen molar-refractivity contribution >= 4 is 11.7 Å². The van der Waals surface area contributed by atoms with Crippen molar-refractivity contribution in [3.05, 3.63) is 23.8 Å². The molecule has 1 aliphatic heterocycles. The summed E-state index contributed by atoms with van der Waals surface area (Å²) in [6.45, 7) is 2.85. The Morgan fingerprint density at radius 2 is 2.53 bits per heavy atom. The van der Waals surface area contributed by atoms with Crippen molar-refractivity contribution in [2.45, 2.75) is 25.9 Å². The Labute approximate surface area is 109 Å². The number of aromatic nitrogens is 4. The molecule has 0 aromatic carbocycles. The van der Waals surface area contributed by atoms with Crippen LogP contribution < -0.4 is 0 Å². The van der Waals surface area contributed by atoms with Crippen molar-refractivity contribution in [3.63, 3.8) is 0 Å². The molecular formula is C12H14N4O3. The molecular weight excluding hydrogens is 248 g/mol. The molecule has 0 spiro atoms. The molecule has 0 radical (unpaired) electrons. The van der Waals surface area contributed by atoms with Crippen LogP contribution in [0.15, 0.2) is 12.3 Å². The second-order valence-corrected chi connectivity index (χ2v) is 4.47. The van der Waals surface area contributed by atoms with Gasteiger partial charge in [0.2, 0.25) is 0 Å². The summed E-state index contributed by atoms with van der Waals surface area (Å²) in [4.78, 5) is 19.9. The van der Waals surface area contributed by atoms with Gasteiger partial charge in [-0.1, -0.05) is 0 Å². The average molecular weight is 262 g/mol. The van der Waals surface area contributed by atoms with Gasteiger partial charge in [0.15, 0.2) is 0 Å². The highest BCUT2D eigenvalue weighted by Crippen LogP contribution is 2.12. The molecule has 100 valence electrons. The number of ether oxygens (including phenoxy) is 2. The van der Waals surface area contributed by atoms with E-state index in [0.29, 0.717) is 5.78 Å². The Balaban J connectivity index is 1.72. The van der Waals surface area contributed by atoms with E-state index in [1.165, 1.54) is 4.52 Å². The topological polar surface area (TPSA) is 78.6 Å². The van der Waals surface area contributed by atoms with E-state index in [1.54, 1.807) is 12.3 Å². The molecule has 7 nitrogen and oxygen atoms in total. The number of hydrogen-bond acceptors (Lipinski definition) is 6. The van der Waals surface area contributed by atoms with Crippen LogP contribution in [-0.2, 0) is 9.47 Å². The number of fused-ring (bicyclic) bond motifs is 1. The second kappa shape index (κ2) is 4.93. The summed E-state index contributed by atoms with van der Waals surface area (Å²) in [5, 5.41) is 4.09. The molecule has 0 bridgehead atoms. The lowest BCUT2D eigenvalue weighted by atomic mass is 10.2. The molecule has 1 saturated heterocycles. The van der Waals surface area contributed by atoms with E-state index < -0.39 is 5.97 Å².